The molecule has 0 aliphatic carbocycles. The van der Waals surface area contributed by atoms with Gasteiger partial charge in [0, 0.05) is 11.5 Å². The number of rotatable bonds is 2. The Labute approximate surface area is 180 Å². The van der Waals surface area contributed by atoms with Crippen molar-refractivity contribution in [3.05, 3.63) is 89.5 Å². The average molecular weight is 408 g/mol. The Morgan fingerprint density at radius 2 is 1.84 bits per heavy atom. The summed E-state index contributed by atoms with van der Waals surface area (Å²) in [6, 6.07) is 25.0. The number of nitrogens with zero attached hydrogens (tertiary/aromatic N) is 2. The van der Waals surface area contributed by atoms with Crippen LogP contribution in [0.3, 0.4) is 0 Å². The lowest BCUT2D eigenvalue weighted by Gasteiger charge is -2.42. The van der Waals surface area contributed by atoms with E-state index >= 15 is 0 Å². The van der Waals surface area contributed by atoms with Gasteiger partial charge in [0.05, 0.1) is 11.6 Å². The molecule has 0 radical (unpaired) electrons. The molecule has 0 bridgehead atoms. The van der Waals surface area contributed by atoms with Crippen LogP contribution in [-0.2, 0) is 10.3 Å². The highest BCUT2D eigenvalue weighted by Gasteiger charge is 2.56. The first-order valence-electron chi connectivity index (χ1n) is 10.1. The molecule has 0 saturated carbocycles. The number of benzene rings is 3. The van der Waals surface area contributed by atoms with Gasteiger partial charge in [-0.05, 0) is 34.9 Å². The van der Waals surface area contributed by atoms with E-state index in [9.17, 15) is 10.1 Å². The number of nitrogens with two attached hydrogens (primary N) is 1. The van der Waals surface area contributed by atoms with Gasteiger partial charge >= 0.3 is 0 Å². The normalized spacial score (nSPS) is 24.0. The van der Waals surface area contributed by atoms with Crippen LogP contribution in [0.4, 0.5) is 0 Å². The van der Waals surface area contributed by atoms with E-state index in [4.69, 9.17) is 10.5 Å². The molecule has 2 aliphatic heterocycles. The molecule has 0 fully saturated rings. The Balaban J connectivity index is 1.73. The first-order chi connectivity index (χ1) is 15.0. The molecule has 31 heavy (non-hydrogen) atoms. The molecule has 1 amide bonds. The maximum Gasteiger partial charge on any atom is 0.259 e. The highest BCUT2D eigenvalue weighted by atomic mass is 16.5. The Morgan fingerprint density at radius 3 is 2.55 bits per heavy atom. The van der Waals surface area contributed by atoms with E-state index in [0.717, 1.165) is 16.7 Å². The molecule has 3 aromatic carbocycles. The quantitative estimate of drug-likeness (QED) is 0.676. The fourth-order valence-corrected chi connectivity index (χ4v) is 4.60. The summed E-state index contributed by atoms with van der Waals surface area (Å²) in [5.74, 6) is 0.0942. The predicted octanol–water partition coefficient (Wildman–Crippen LogP) is 3.63. The molecule has 2 aliphatic rings. The van der Waals surface area contributed by atoms with E-state index in [-0.39, 0.29) is 23.9 Å². The fraction of sp³-hybridized carbons (Fsp3) is 0.160. The van der Waals surface area contributed by atoms with Gasteiger partial charge in [-0.25, -0.2) is 4.99 Å². The average Bonchev–Trinajstić information content (AvgIpc) is 3.11. The van der Waals surface area contributed by atoms with Gasteiger partial charge in [0.2, 0.25) is 0 Å². The monoisotopic (exact) mass is 408 g/mol. The Hall–Kier alpha value is -4.11. The summed E-state index contributed by atoms with van der Waals surface area (Å²) in [6.45, 7) is 1.96. The van der Waals surface area contributed by atoms with Gasteiger partial charge in [0.15, 0.2) is 11.5 Å². The van der Waals surface area contributed by atoms with Crippen LogP contribution in [0, 0.1) is 17.2 Å². The van der Waals surface area contributed by atoms with Gasteiger partial charge in [-0.2, -0.15) is 5.26 Å². The molecule has 1 unspecified atom stereocenters. The van der Waals surface area contributed by atoms with Gasteiger partial charge in [-0.1, -0.05) is 61.5 Å². The van der Waals surface area contributed by atoms with Crippen molar-refractivity contribution in [1.29, 1.82) is 5.26 Å². The molecule has 0 aromatic heterocycles. The minimum absolute atomic E-state index is 0.0966. The SMILES string of the molecule is CC1[C@H](c2ccccc2)Oc2ccc(-c3ccccc3C#N)cc2[C@]12N=C(N)NC2=O. The van der Waals surface area contributed by atoms with Crippen molar-refractivity contribution in [2.24, 2.45) is 16.6 Å². The van der Waals surface area contributed by atoms with E-state index in [2.05, 4.69) is 16.4 Å². The molecule has 1 spiro atoms. The van der Waals surface area contributed by atoms with Crippen LogP contribution in [0.2, 0.25) is 0 Å². The minimum atomic E-state index is -1.21. The van der Waals surface area contributed by atoms with Crippen LogP contribution in [0.5, 0.6) is 5.75 Å². The second-order valence-electron chi connectivity index (χ2n) is 7.82. The summed E-state index contributed by atoms with van der Waals surface area (Å²) >= 11 is 0. The number of carbonyl (C=O) groups is 1. The van der Waals surface area contributed by atoms with Crippen molar-refractivity contribution in [3.8, 4) is 22.9 Å². The first kappa shape index (κ1) is 18.9. The zero-order valence-electron chi connectivity index (χ0n) is 16.9. The van der Waals surface area contributed by atoms with E-state index < -0.39 is 5.54 Å². The molecule has 3 atom stereocenters. The van der Waals surface area contributed by atoms with E-state index in [1.807, 2.05) is 73.7 Å². The van der Waals surface area contributed by atoms with E-state index in [0.29, 0.717) is 16.9 Å². The molecule has 5 rings (SSSR count). The van der Waals surface area contributed by atoms with Crippen molar-refractivity contribution in [1.82, 2.24) is 5.32 Å². The topological polar surface area (TPSA) is 100 Å². The molecule has 152 valence electrons. The van der Waals surface area contributed by atoms with Crippen molar-refractivity contribution < 1.29 is 9.53 Å². The molecule has 0 saturated heterocycles. The number of hydrogen-bond acceptors (Lipinski definition) is 5. The Kier molecular flexibility index (Phi) is 4.26. The van der Waals surface area contributed by atoms with Crippen molar-refractivity contribution >= 4 is 11.9 Å². The Morgan fingerprint density at radius 1 is 1.10 bits per heavy atom. The number of carbonyl (C=O) groups excluding carboxylic acids is 1. The lowest BCUT2D eigenvalue weighted by molar-refractivity contribution is -0.128. The van der Waals surface area contributed by atoms with Gasteiger partial charge in [-0.15, -0.1) is 0 Å². The van der Waals surface area contributed by atoms with E-state index in [1.165, 1.54) is 0 Å². The molecule has 2 heterocycles. The highest BCUT2D eigenvalue weighted by molar-refractivity contribution is 6.08. The van der Waals surface area contributed by atoms with Crippen LogP contribution in [0.1, 0.15) is 29.7 Å². The number of guanidine groups is 1. The minimum Gasteiger partial charge on any atom is -0.485 e. The van der Waals surface area contributed by atoms with Gasteiger partial charge < -0.3 is 10.5 Å². The summed E-state index contributed by atoms with van der Waals surface area (Å²) in [5.41, 5.74) is 8.53. The number of nitrogens with one attached hydrogen (secondary N) is 1. The van der Waals surface area contributed by atoms with Crippen LogP contribution in [0.15, 0.2) is 77.8 Å². The number of nitriles is 1. The number of aliphatic imine (C=N–C) groups is 1. The number of amides is 1. The lowest BCUT2D eigenvalue weighted by Crippen LogP contribution is -2.48. The summed E-state index contributed by atoms with van der Waals surface area (Å²) < 4.78 is 6.39. The number of ether oxygens (including phenoxy) is 1. The molecule has 3 aromatic rings. The van der Waals surface area contributed by atoms with E-state index in [1.54, 1.807) is 6.07 Å². The third-order valence-corrected chi connectivity index (χ3v) is 6.13. The molecule has 6 nitrogen and oxygen atoms in total. The largest absolute Gasteiger partial charge is 0.485 e. The van der Waals surface area contributed by atoms with Crippen molar-refractivity contribution in [2.45, 2.75) is 18.6 Å². The second kappa shape index (κ2) is 6.99. The highest BCUT2D eigenvalue weighted by Crippen LogP contribution is 2.52. The van der Waals surface area contributed by atoms with Crippen molar-refractivity contribution in [2.75, 3.05) is 0 Å². The Bertz CT molecular complexity index is 1260. The van der Waals surface area contributed by atoms with Crippen LogP contribution in [0.25, 0.3) is 11.1 Å². The maximum atomic E-state index is 13.3. The third-order valence-electron chi connectivity index (χ3n) is 6.13. The smallest absolute Gasteiger partial charge is 0.259 e. The summed E-state index contributed by atoms with van der Waals surface area (Å²) in [5, 5.41) is 12.2. The zero-order valence-corrected chi connectivity index (χ0v) is 16.9. The van der Waals surface area contributed by atoms with Crippen LogP contribution in [-0.4, -0.2) is 11.9 Å². The zero-order chi connectivity index (χ0) is 21.6. The van der Waals surface area contributed by atoms with Crippen LogP contribution >= 0.6 is 0 Å². The molecule has 6 heteroatoms. The number of hydrogen-bond donors (Lipinski definition) is 2. The van der Waals surface area contributed by atoms with Gasteiger partial charge in [0.1, 0.15) is 11.9 Å². The predicted molar refractivity (Wildman–Crippen MR) is 117 cm³/mol. The van der Waals surface area contributed by atoms with Crippen molar-refractivity contribution in [3.63, 3.8) is 0 Å². The molecular weight excluding hydrogens is 388 g/mol. The molecular formula is C25H20N4O2. The van der Waals surface area contributed by atoms with Crippen LogP contribution < -0.4 is 15.8 Å². The standard InChI is InChI=1S/C25H20N4O2/c1-15-22(16-7-3-2-4-8-16)31-21-12-11-17(19-10-6-5-9-18(19)14-26)13-20(21)25(15)23(30)28-24(27)29-25/h2-13,15,22H,1H3,(H3,27,28,29,30)/t15?,22-,25-/m1/s1. The fourth-order valence-electron chi connectivity index (χ4n) is 4.60. The third kappa shape index (κ3) is 2.78. The number of fused-ring (bicyclic) bond motifs is 2. The first-order valence-corrected chi connectivity index (χ1v) is 10.1. The van der Waals surface area contributed by atoms with Gasteiger partial charge in [0.25, 0.3) is 5.91 Å². The summed E-state index contributed by atoms with van der Waals surface area (Å²) in [6.07, 6.45) is -0.369. The second-order valence-corrected chi connectivity index (χ2v) is 7.82. The summed E-state index contributed by atoms with van der Waals surface area (Å²) in [7, 11) is 0. The molecule has 3 N–H and O–H groups in total. The lowest BCUT2D eigenvalue weighted by atomic mass is 9.72. The van der Waals surface area contributed by atoms with Gasteiger partial charge in [-0.3, -0.25) is 10.1 Å². The summed E-state index contributed by atoms with van der Waals surface area (Å²) in [4.78, 5) is 17.9. The maximum absolute atomic E-state index is 13.3.